The number of rotatable bonds is 5. The molecule has 0 spiro atoms. The van der Waals surface area contributed by atoms with Gasteiger partial charge in [0.05, 0.1) is 18.2 Å². The first-order chi connectivity index (χ1) is 11.3. The van der Waals surface area contributed by atoms with E-state index in [0.29, 0.717) is 6.42 Å². The smallest absolute Gasteiger partial charge is 0.328 e. The van der Waals surface area contributed by atoms with Crippen molar-refractivity contribution in [1.82, 2.24) is 10.2 Å². The van der Waals surface area contributed by atoms with Crippen LogP contribution in [0.5, 0.6) is 0 Å². The van der Waals surface area contributed by atoms with Crippen molar-refractivity contribution in [3.63, 3.8) is 0 Å². The first kappa shape index (κ1) is 17.7. The summed E-state index contributed by atoms with van der Waals surface area (Å²) in [5.74, 6) is -1.97. The molecule has 7 nitrogen and oxygen atoms in total. The molecule has 1 aliphatic rings. The number of nitrogens with one attached hydrogen (secondary N) is 1. The average Bonchev–Trinajstić information content (AvgIpc) is 2.82. The molecule has 0 aliphatic carbocycles. The number of imide groups is 1. The number of esters is 1. The molecule has 2 atom stereocenters. The zero-order chi connectivity index (χ0) is 18.0. The second-order valence-electron chi connectivity index (χ2n) is 5.79. The van der Waals surface area contributed by atoms with E-state index in [2.05, 4.69) is 5.32 Å². The number of ether oxygens (including phenoxy) is 1. The predicted octanol–water partition coefficient (Wildman–Crippen LogP) is 1.23. The minimum absolute atomic E-state index is 0.106. The van der Waals surface area contributed by atoms with Crippen molar-refractivity contribution in [2.24, 2.45) is 5.92 Å². The van der Waals surface area contributed by atoms with Crippen LogP contribution in [0.25, 0.3) is 0 Å². The molecule has 1 aromatic rings. The standard InChI is InChI=1S/C17H20N2O5/c1-5-9(2)13(17(23)24-4)18-14(20)10-6-7-11-12(8-10)16(22)19(3)15(11)21/h6-9,13H,5H2,1-4H3,(H,18,20)/t9-,13+/m1/s1. The normalized spacial score (nSPS) is 15.8. The molecule has 1 aliphatic heterocycles. The highest BCUT2D eigenvalue weighted by atomic mass is 16.5. The topological polar surface area (TPSA) is 92.8 Å². The maximum Gasteiger partial charge on any atom is 0.328 e. The monoisotopic (exact) mass is 332 g/mol. The molecule has 2 rings (SSSR count). The van der Waals surface area contributed by atoms with Crippen LogP contribution in [0.2, 0.25) is 0 Å². The van der Waals surface area contributed by atoms with Gasteiger partial charge < -0.3 is 10.1 Å². The zero-order valence-electron chi connectivity index (χ0n) is 14.1. The summed E-state index contributed by atoms with van der Waals surface area (Å²) in [6, 6.07) is 3.51. The molecule has 128 valence electrons. The van der Waals surface area contributed by atoms with E-state index in [4.69, 9.17) is 4.74 Å². The van der Waals surface area contributed by atoms with E-state index in [0.717, 1.165) is 4.90 Å². The van der Waals surface area contributed by atoms with E-state index < -0.39 is 29.7 Å². The molecule has 1 aromatic carbocycles. The van der Waals surface area contributed by atoms with Crippen molar-refractivity contribution in [2.75, 3.05) is 14.2 Å². The summed E-state index contributed by atoms with van der Waals surface area (Å²) in [7, 11) is 2.65. The number of nitrogens with zero attached hydrogens (tertiary/aromatic N) is 1. The third kappa shape index (κ3) is 3.02. The first-order valence-corrected chi connectivity index (χ1v) is 7.66. The van der Waals surface area contributed by atoms with Crippen LogP contribution in [0.4, 0.5) is 0 Å². The summed E-state index contributed by atoms with van der Waals surface area (Å²) >= 11 is 0. The van der Waals surface area contributed by atoms with Gasteiger partial charge in [0.2, 0.25) is 0 Å². The molecule has 3 amide bonds. The summed E-state index contributed by atoms with van der Waals surface area (Å²) in [6.07, 6.45) is 0.683. The minimum atomic E-state index is -0.777. The molecule has 1 N–H and O–H groups in total. The first-order valence-electron chi connectivity index (χ1n) is 7.66. The van der Waals surface area contributed by atoms with Gasteiger partial charge in [-0.25, -0.2) is 4.79 Å². The van der Waals surface area contributed by atoms with Gasteiger partial charge in [0.1, 0.15) is 6.04 Å². The second kappa shape index (κ2) is 6.82. The summed E-state index contributed by atoms with van der Waals surface area (Å²) in [6.45, 7) is 3.74. The van der Waals surface area contributed by atoms with E-state index in [1.165, 1.54) is 32.4 Å². The SMILES string of the molecule is CC[C@@H](C)[C@H](NC(=O)c1ccc2c(c1)C(=O)N(C)C2=O)C(=O)OC. The van der Waals surface area contributed by atoms with Crippen molar-refractivity contribution in [1.29, 1.82) is 0 Å². The number of benzene rings is 1. The lowest BCUT2D eigenvalue weighted by molar-refractivity contribution is -0.144. The van der Waals surface area contributed by atoms with E-state index in [1.807, 2.05) is 13.8 Å². The van der Waals surface area contributed by atoms with E-state index in [9.17, 15) is 19.2 Å². The Morgan fingerprint density at radius 1 is 1.21 bits per heavy atom. The Balaban J connectivity index is 2.26. The van der Waals surface area contributed by atoms with Crippen LogP contribution in [-0.2, 0) is 9.53 Å². The van der Waals surface area contributed by atoms with Gasteiger partial charge in [-0.15, -0.1) is 0 Å². The summed E-state index contributed by atoms with van der Waals surface area (Å²) in [5.41, 5.74) is 0.668. The number of amides is 3. The van der Waals surface area contributed by atoms with Gasteiger partial charge in [0.15, 0.2) is 0 Å². The third-order valence-corrected chi connectivity index (χ3v) is 4.31. The Bertz CT molecular complexity index is 713. The van der Waals surface area contributed by atoms with Crippen molar-refractivity contribution < 1.29 is 23.9 Å². The Morgan fingerprint density at radius 3 is 2.42 bits per heavy atom. The van der Waals surface area contributed by atoms with Crippen LogP contribution in [0.15, 0.2) is 18.2 Å². The molecule has 1 heterocycles. The number of carbonyl (C=O) groups is 4. The lowest BCUT2D eigenvalue weighted by Gasteiger charge is -2.21. The fraction of sp³-hybridized carbons (Fsp3) is 0.412. The fourth-order valence-corrected chi connectivity index (χ4v) is 2.52. The van der Waals surface area contributed by atoms with Crippen molar-refractivity contribution >= 4 is 23.7 Å². The van der Waals surface area contributed by atoms with Gasteiger partial charge in [0, 0.05) is 12.6 Å². The third-order valence-electron chi connectivity index (χ3n) is 4.31. The maximum absolute atomic E-state index is 12.4. The van der Waals surface area contributed by atoms with Crippen LogP contribution < -0.4 is 5.32 Å². The van der Waals surface area contributed by atoms with Gasteiger partial charge in [-0.05, 0) is 24.1 Å². The quantitative estimate of drug-likeness (QED) is 0.647. The Hall–Kier alpha value is -2.70. The van der Waals surface area contributed by atoms with E-state index >= 15 is 0 Å². The van der Waals surface area contributed by atoms with Gasteiger partial charge in [-0.3, -0.25) is 19.3 Å². The zero-order valence-corrected chi connectivity index (χ0v) is 14.1. The summed E-state index contributed by atoms with van der Waals surface area (Å²) < 4.78 is 4.73. The van der Waals surface area contributed by atoms with Crippen molar-refractivity contribution in [3.8, 4) is 0 Å². The molecular formula is C17H20N2O5. The van der Waals surface area contributed by atoms with E-state index in [1.54, 1.807) is 0 Å². The van der Waals surface area contributed by atoms with Crippen LogP contribution >= 0.6 is 0 Å². The molecule has 0 saturated carbocycles. The lowest BCUT2D eigenvalue weighted by Crippen LogP contribution is -2.45. The lowest BCUT2D eigenvalue weighted by atomic mass is 9.98. The number of methoxy groups -OCH3 is 1. The van der Waals surface area contributed by atoms with Crippen LogP contribution in [0.1, 0.15) is 51.3 Å². The Labute approximate surface area is 140 Å². The molecule has 0 aromatic heterocycles. The highest BCUT2D eigenvalue weighted by Crippen LogP contribution is 2.23. The minimum Gasteiger partial charge on any atom is -0.467 e. The molecule has 0 unspecified atom stereocenters. The predicted molar refractivity (Wildman–Crippen MR) is 85.6 cm³/mol. The van der Waals surface area contributed by atoms with Gasteiger partial charge in [-0.1, -0.05) is 20.3 Å². The van der Waals surface area contributed by atoms with Gasteiger partial charge in [-0.2, -0.15) is 0 Å². The number of fused-ring (bicyclic) bond motifs is 1. The summed E-state index contributed by atoms with van der Waals surface area (Å²) in [4.78, 5) is 49.2. The van der Waals surface area contributed by atoms with Gasteiger partial charge in [0.25, 0.3) is 17.7 Å². The molecule has 0 saturated heterocycles. The molecular weight excluding hydrogens is 312 g/mol. The Kier molecular flexibility index (Phi) is 5.02. The highest BCUT2D eigenvalue weighted by molar-refractivity contribution is 6.21. The molecule has 0 radical (unpaired) electrons. The number of hydrogen-bond donors (Lipinski definition) is 1. The fourth-order valence-electron chi connectivity index (χ4n) is 2.52. The largest absolute Gasteiger partial charge is 0.467 e. The van der Waals surface area contributed by atoms with Crippen LogP contribution in [0, 0.1) is 5.92 Å². The average molecular weight is 332 g/mol. The number of carbonyl (C=O) groups excluding carboxylic acids is 4. The second-order valence-corrected chi connectivity index (χ2v) is 5.79. The van der Waals surface area contributed by atoms with Crippen LogP contribution in [0.3, 0.4) is 0 Å². The maximum atomic E-state index is 12.4. The van der Waals surface area contributed by atoms with Crippen LogP contribution in [-0.4, -0.2) is 48.8 Å². The van der Waals surface area contributed by atoms with E-state index in [-0.39, 0.29) is 22.6 Å². The highest BCUT2D eigenvalue weighted by Gasteiger charge is 2.34. The van der Waals surface area contributed by atoms with Crippen molar-refractivity contribution in [3.05, 3.63) is 34.9 Å². The van der Waals surface area contributed by atoms with Gasteiger partial charge >= 0.3 is 5.97 Å². The number of hydrogen-bond acceptors (Lipinski definition) is 5. The summed E-state index contributed by atoms with van der Waals surface area (Å²) in [5, 5.41) is 2.64. The Morgan fingerprint density at radius 2 is 1.83 bits per heavy atom. The molecule has 0 fully saturated rings. The molecule has 0 bridgehead atoms. The molecule has 24 heavy (non-hydrogen) atoms. The van der Waals surface area contributed by atoms with Crippen molar-refractivity contribution in [2.45, 2.75) is 26.3 Å². The molecule has 7 heteroatoms.